The highest BCUT2D eigenvalue weighted by Gasteiger charge is 2.20. The summed E-state index contributed by atoms with van der Waals surface area (Å²) < 4.78 is 0. The van der Waals surface area contributed by atoms with Crippen molar-refractivity contribution in [1.29, 1.82) is 0 Å². The van der Waals surface area contributed by atoms with Crippen LogP contribution in [0.15, 0.2) is 47.7 Å². The molecule has 0 heterocycles. The van der Waals surface area contributed by atoms with Crippen molar-refractivity contribution in [2.75, 3.05) is 0 Å². The van der Waals surface area contributed by atoms with Gasteiger partial charge in [0.1, 0.15) is 0 Å². The Balaban J connectivity index is 5.43. The standard InChI is InChI=1S/C15H25N/c1-8-14(15(6,7)9-2)12(4)10-11(3)13(5)16/h8,10H,1,5,9,16H2,2-4,6-7H3/b11-10+,14-12+. The largest absolute Gasteiger partial charge is 0.399 e. The minimum Gasteiger partial charge on any atom is -0.399 e. The first-order chi connectivity index (χ1) is 7.26. The molecular weight excluding hydrogens is 194 g/mol. The lowest BCUT2D eigenvalue weighted by Crippen LogP contribution is -2.13. The molecule has 0 atom stereocenters. The molecule has 0 aliphatic rings. The molecule has 0 saturated carbocycles. The third kappa shape index (κ3) is 3.73. The van der Waals surface area contributed by atoms with E-state index in [2.05, 4.69) is 46.9 Å². The Bertz CT molecular complexity index is 340. The summed E-state index contributed by atoms with van der Waals surface area (Å²) in [6, 6.07) is 0. The maximum atomic E-state index is 5.66. The fourth-order valence-corrected chi connectivity index (χ4v) is 1.66. The molecule has 0 aromatic heterocycles. The Hall–Kier alpha value is -1.24. The average molecular weight is 219 g/mol. The summed E-state index contributed by atoms with van der Waals surface area (Å²) >= 11 is 0. The van der Waals surface area contributed by atoms with E-state index in [0.29, 0.717) is 5.70 Å². The van der Waals surface area contributed by atoms with Gasteiger partial charge in [0.25, 0.3) is 0 Å². The van der Waals surface area contributed by atoms with Gasteiger partial charge >= 0.3 is 0 Å². The highest BCUT2D eigenvalue weighted by atomic mass is 14.6. The molecule has 0 aliphatic carbocycles. The lowest BCUT2D eigenvalue weighted by atomic mass is 9.79. The van der Waals surface area contributed by atoms with Gasteiger partial charge in [0.2, 0.25) is 0 Å². The van der Waals surface area contributed by atoms with Crippen LogP contribution in [-0.2, 0) is 0 Å². The van der Waals surface area contributed by atoms with Gasteiger partial charge in [-0.05, 0) is 42.4 Å². The third-order valence-electron chi connectivity index (χ3n) is 3.18. The van der Waals surface area contributed by atoms with Crippen LogP contribution in [0.1, 0.15) is 41.0 Å². The third-order valence-corrected chi connectivity index (χ3v) is 3.18. The van der Waals surface area contributed by atoms with Crippen molar-refractivity contribution in [2.45, 2.75) is 41.0 Å². The summed E-state index contributed by atoms with van der Waals surface area (Å²) in [5.74, 6) is 0. The zero-order chi connectivity index (χ0) is 12.9. The first kappa shape index (κ1) is 14.8. The molecule has 0 aromatic carbocycles. The number of allylic oxidation sites excluding steroid dienone is 5. The highest BCUT2D eigenvalue weighted by Crippen LogP contribution is 2.33. The molecule has 90 valence electrons. The average Bonchev–Trinajstić information content (AvgIpc) is 2.18. The Morgan fingerprint density at radius 2 is 1.81 bits per heavy atom. The number of nitrogens with two attached hydrogens (primary N) is 1. The smallest absolute Gasteiger partial charge is 0.0270 e. The lowest BCUT2D eigenvalue weighted by molar-refractivity contribution is 0.437. The van der Waals surface area contributed by atoms with E-state index >= 15 is 0 Å². The van der Waals surface area contributed by atoms with Crippen LogP contribution in [0.2, 0.25) is 0 Å². The molecule has 0 bridgehead atoms. The minimum absolute atomic E-state index is 0.151. The first-order valence-electron chi connectivity index (χ1n) is 5.73. The van der Waals surface area contributed by atoms with E-state index in [1.807, 2.05) is 13.0 Å². The molecule has 1 nitrogen and oxygen atoms in total. The summed E-state index contributed by atoms with van der Waals surface area (Å²) in [5.41, 5.74) is 9.93. The van der Waals surface area contributed by atoms with Crippen LogP contribution in [0.5, 0.6) is 0 Å². The Morgan fingerprint density at radius 1 is 1.31 bits per heavy atom. The maximum Gasteiger partial charge on any atom is 0.0270 e. The van der Waals surface area contributed by atoms with Crippen LogP contribution in [0.4, 0.5) is 0 Å². The second-order valence-corrected chi connectivity index (χ2v) is 4.89. The van der Waals surface area contributed by atoms with Crippen LogP contribution >= 0.6 is 0 Å². The van der Waals surface area contributed by atoms with Gasteiger partial charge in [-0.3, -0.25) is 0 Å². The van der Waals surface area contributed by atoms with Crippen LogP contribution in [0, 0.1) is 5.41 Å². The van der Waals surface area contributed by atoms with Crippen molar-refractivity contribution < 1.29 is 0 Å². The molecule has 0 aliphatic heterocycles. The molecule has 0 unspecified atom stereocenters. The number of rotatable bonds is 5. The summed E-state index contributed by atoms with van der Waals surface area (Å²) in [5, 5.41) is 0. The van der Waals surface area contributed by atoms with E-state index in [-0.39, 0.29) is 5.41 Å². The minimum atomic E-state index is 0.151. The summed E-state index contributed by atoms with van der Waals surface area (Å²) in [7, 11) is 0. The molecule has 0 radical (unpaired) electrons. The quantitative estimate of drug-likeness (QED) is 0.684. The fraction of sp³-hybridized carbons (Fsp3) is 0.467. The molecule has 0 fully saturated rings. The van der Waals surface area contributed by atoms with Gasteiger partial charge < -0.3 is 5.73 Å². The Morgan fingerprint density at radius 3 is 2.12 bits per heavy atom. The summed E-state index contributed by atoms with van der Waals surface area (Å²) in [6.45, 7) is 18.4. The van der Waals surface area contributed by atoms with Crippen molar-refractivity contribution in [3.63, 3.8) is 0 Å². The van der Waals surface area contributed by atoms with Crippen molar-refractivity contribution >= 4 is 0 Å². The maximum absolute atomic E-state index is 5.66. The summed E-state index contributed by atoms with van der Waals surface area (Å²) in [6.07, 6.45) is 5.11. The second kappa shape index (κ2) is 5.74. The predicted octanol–water partition coefficient (Wildman–Crippen LogP) is 4.34. The Kier molecular flexibility index (Phi) is 5.29. The molecule has 0 rings (SSSR count). The molecule has 2 N–H and O–H groups in total. The van der Waals surface area contributed by atoms with Crippen LogP contribution < -0.4 is 5.73 Å². The molecular formula is C15H25N. The highest BCUT2D eigenvalue weighted by molar-refractivity contribution is 5.39. The van der Waals surface area contributed by atoms with Crippen molar-refractivity contribution in [1.82, 2.24) is 0 Å². The fourth-order valence-electron chi connectivity index (χ4n) is 1.66. The molecule has 1 heteroatoms. The number of hydrogen-bond donors (Lipinski definition) is 1. The van der Waals surface area contributed by atoms with Gasteiger partial charge in [0.15, 0.2) is 0 Å². The van der Waals surface area contributed by atoms with Gasteiger partial charge in [-0.1, -0.05) is 46.1 Å². The number of hydrogen-bond acceptors (Lipinski definition) is 1. The van der Waals surface area contributed by atoms with Gasteiger partial charge in [-0.2, -0.15) is 0 Å². The zero-order valence-corrected chi connectivity index (χ0v) is 11.4. The van der Waals surface area contributed by atoms with E-state index in [4.69, 9.17) is 5.73 Å². The van der Waals surface area contributed by atoms with Crippen molar-refractivity contribution in [3.05, 3.63) is 47.7 Å². The molecule has 0 saturated heterocycles. The van der Waals surface area contributed by atoms with Crippen LogP contribution in [-0.4, -0.2) is 0 Å². The SMILES string of the molecule is C=C/C(=C(C)\C=C(/C)C(=C)N)C(C)(C)CC. The topological polar surface area (TPSA) is 26.0 Å². The first-order valence-corrected chi connectivity index (χ1v) is 5.73. The van der Waals surface area contributed by atoms with E-state index in [1.165, 1.54) is 11.1 Å². The monoisotopic (exact) mass is 219 g/mol. The molecule has 0 aromatic rings. The van der Waals surface area contributed by atoms with Crippen LogP contribution in [0.25, 0.3) is 0 Å². The normalized spacial score (nSPS) is 14.4. The van der Waals surface area contributed by atoms with E-state index in [1.54, 1.807) is 0 Å². The van der Waals surface area contributed by atoms with Crippen molar-refractivity contribution in [3.8, 4) is 0 Å². The van der Waals surface area contributed by atoms with E-state index in [9.17, 15) is 0 Å². The van der Waals surface area contributed by atoms with E-state index < -0.39 is 0 Å². The summed E-state index contributed by atoms with van der Waals surface area (Å²) in [4.78, 5) is 0. The molecule has 0 amide bonds. The van der Waals surface area contributed by atoms with Crippen LogP contribution in [0.3, 0.4) is 0 Å². The lowest BCUT2D eigenvalue weighted by Gasteiger charge is -2.26. The van der Waals surface area contributed by atoms with E-state index in [0.717, 1.165) is 12.0 Å². The van der Waals surface area contributed by atoms with Gasteiger partial charge in [-0.25, -0.2) is 0 Å². The molecule has 0 spiro atoms. The zero-order valence-electron chi connectivity index (χ0n) is 11.4. The van der Waals surface area contributed by atoms with Crippen molar-refractivity contribution in [2.24, 2.45) is 11.1 Å². The predicted molar refractivity (Wildman–Crippen MR) is 74.1 cm³/mol. The van der Waals surface area contributed by atoms with Gasteiger partial charge in [0.05, 0.1) is 0 Å². The van der Waals surface area contributed by atoms with Gasteiger partial charge in [0, 0.05) is 5.70 Å². The van der Waals surface area contributed by atoms with Gasteiger partial charge in [-0.15, -0.1) is 0 Å². The Labute approximate surface area is 100 Å². The second-order valence-electron chi connectivity index (χ2n) is 4.89. The molecule has 16 heavy (non-hydrogen) atoms.